The van der Waals surface area contributed by atoms with Crippen LogP contribution in [0.2, 0.25) is 0 Å². The fourth-order valence-corrected chi connectivity index (χ4v) is 2.12. The molecule has 0 aromatic carbocycles. The summed E-state index contributed by atoms with van der Waals surface area (Å²) in [6, 6.07) is 3.39. The predicted octanol–water partition coefficient (Wildman–Crippen LogP) is 0.822. The first-order valence-corrected chi connectivity index (χ1v) is 6.20. The van der Waals surface area contributed by atoms with E-state index >= 15 is 0 Å². The molecule has 1 aliphatic rings. The molecule has 2 rings (SSSR count). The standard InChI is InChI=1S/C13H18N2O4/c1-18-12(17)11-8-10(2-5-14-11)15-13(9-16)3-6-19-7-4-13/h2,5,8,16H,3-4,6-7,9H2,1H3,(H,14,15). The highest BCUT2D eigenvalue weighted by Crippen LogP contribution is 2.25. The zero-order valence-corrected chi connectivity index (χ0v) is 10.9. The van der Waals surface area contributed by atoms with Gasteiger partial charge in [-0.1, -0.05) is 0 Å². The average Bonchev–Trinajstić information content (AvgIpc) is 2.47. The van der Waals surface area contributed by atoms with E-state index in [2.05, 4.69) is 15.0 Å². The van der Waals surface area contributed by atoms with Gasteiger partial charge in [-0.25, -0.2) is 9.78 Å². The van der Waals surface area contributed by atoms with Gasteiger partial charge in [-0.05, 0) is 25.0 Å². The maximum Gasteiger partial charge on any atom is 0.356 e. The topological polar surface area (TPSA) is 80.7 Å². The maximum absolute atomic E-state index is 11.4. The highest BCUT2D eigenvalue weighted by molar-refractivity contribution is 5.88. The number of hydrogen-bond donors (Lipinski definition) is 2. The third-order valence-corrected chi connectivity index (χ3v) is 3.32. The molecule has 2 N–H and O–H groups in total. The molecule has 1 aromatic rings. The van der Waals surface area contributed by atoms with E-state index in [4.69, 9.17) is 4.74 Å². The number of nitrogens with one attached hydrogen (secondary N) is 1. The largest absolute Gasteiger partial charge is 0.464 e. The Morgan fingerprint density at radius 3 is 2.95 bits per heavy atom. The van der Waals surface area contributed by atoms with Crippen LogP contribution in [0.1, 0.15) is 23.3 Å². The van der Waals surface area contributed by atoms with E-state index < -0.39 is 11.5 Å². The summed E-state index contributed by atoms with van der Waals surface area (Å²) < 4.78 is 9.94. The Balaban J connectivity index is 2.15. The predicted molar refractivity (Wildman–Crippen MR) is 69.1 cm³/mol. The number of esters is 1. The lowest BCUT2D eigenvalue weighted by molar-refractivity contribution is 0.0380. The Bertz CT molecular complexity index is 444. The lowest BCUT2D eigenvalue weighted by Crippen LogP contribution is -2.46. The average molecular weight is 266 g/mol. The maximum atomic E-state index is 11.4. The van der Waals surface area contributed by atoms with E-state index in [0.717, 1.165) is 18.5 Å². The van der Waals surface area contributed by atoms with Crippen molar-refractivity contribution in [2.45, 2.75) is 18.4 Å². The van der Waals surface area contributed by atoms with Gasteiger partial charge < -0.3 is 19.9 Å². The third kappa shape index (κ3) is 3.21. The number of anilines is 1. The summed E-state index contributed by atoms with van der Waals surface area (Å²) >= 11 is 0. The van der Waals surface area contributed by atoms with Crippen molar-refractivity contribution in [2.75, 3.05) is 32.2 Å². The fraction of sp³-hybridized carbons (Fsp3) is 0.538. The molecule has 19 heavy (non-hydrogen) atoms. The van der Waals surface area contributed by atoms with E-state index in [9.17, 15) is 9.90 Å². The summed E-state index contributed by atoms with van der Waals surface area (Å²) in [5.41, 5.74) is 0.589. The van der Waals surface area contributed by atoms with Crippen molar-refractivity contribution in [2.24, 2.45) is 0 Å². The van der Waals surface area contributed by atoms with Crippen molar-refractivity contribution in [3.8, 4) is 0 Å². The van der Waals surface area contributed by atoms with Crippen LogP contribution in [0, 0.1) is 0 Å². The molecule has 104 valence electrons. The first-order valence-electron chi connectivity index (χ1n) is 6.20. The minimum absolute atomic E-state index is 0.0201. The van der Waals surface area contributed by atoms with Gasteiger partial charge in [-0.2, -0.15) is 0 Å². The van der Waals surface area contributed by atoms with Gasteiger partial charge in [-0.3, -0.25) is 0 Å². The van der Waals surface area contributed by atoms with Crippen LogP contribution in [-0.2, 0) is 9.47 Å². The molecular weight excluding hydrogens is 248 g/mol. The number of carbonyl (C=O) groups excluding carboxylic acids is 1. The molecular formula is C13H18N2O4. The minimum Gasteiger partial charge on any atom is -0.464 e. The second-order valence-corrected chi connectivity index (χ2v) is 4.60. The quantitative estimate of drug-likeness (QED) is 0.785. The van der Waals surface area contributed by atoms with Crippen LogP contribution in [-0.4, -0.2) is 48.5 Å². The molecule has 0 saturated carbocycles. The molecule has 0 unspecified atom stereocenters. The Labute approximate surface area is 111 Å². The number of carbonyl (C=O) groups is 1. The van der Waals surface area contributed by atoms with Gasteiger partial charge >= 0.3 is 5.97 Å². The van der Waals surface area contributed by atoms with Crippen LogP contribution in [0.4, 0.5) is 5.69 Å². The smallest absolute Gasteiger partial charge is 0.356 e. The zero-order valence-electron chi connectivity index (χ0n) is 10.9. The first-order chi connectivity index (χ1) is 9.19. The fourth-order valence-electron chi connectivity index (χ4n) is 2.12. The Hall–Kier alpha value is -1.66. The van der Waals surface area contributed by atoms with Gasteiger partial charge in [0.1, 0.15) is 5.69 Å². The Morgan fingerprint density at radius 2 is 2.32 bits per heavy atom. The van der Waals surface area contributed by atoms with E-state index in [-0.39, 0.29) is 12.3 Å². The SMILES string of the molecule is COC(=O)c1cc(NC2(CO)CCOCC2)ccn1. The summed E-state index contributed by atoms with van der Waals surface area (Å²) in [5, 5.41) is 12.9. The summed E-state index contributed by atoms with van der Waals surface area (Å²) in [6.45, 7) is 1.25. The molecule has 1 fully saturated rings. The molecule has 1 aromatic heterocycles. The van der Waals surface area contributed by atoms with Gasteiger partial charge in [0.2, 0.25) is 0 Å². The lowest BCUT2D eigenvalue weighted by Gasteiger charge is -2.37. The summed E-state index contributed by atoms with van der Waals surface area (Å²) in [5.74, 6) is -0.478. The number of nitrogens with zero attached hydrogens (tertiary/aromatic N) is 1. The molecule has 2 heterocycles. The van der Waals surface area contributed by atoms with Crippen LogP contribution in [0.15, 0.2) is 18.3 Å². The van der Waals surface area contributed by atoms with E-state index in [1.54, 1.807) is 18.3 Å². The monoisotopic (exact) mass is 266 g/mol. The van der Waals surface area contributed by atoms with Crippen LogP contribution in [0.5, 0.6) is 0 Å². The number of pyridine rings is 1. The van der Waals surface area contributed by atoms with Crippen molar-refractivity contribution in [1.29, 1.82) is 0 Å². The van der Waals surface area contributed by atoms with Crippen molar-refractivity contribution < 1.29 is 19.4 Å². The second kappa shape index (κ2) is 5.99. The molecule has 0 amide bonds. The van der Waals surface area contributed by atoms with Crippen molar-refractivity contribution in [1.82, 2.24) is 4.98 Å². The molecule has 0 spiro atoms. The molecule has 6 nitrogen and oxygen atoms in total. The number of rotatable bonds is 4. The van der Waals surface area contributed by atoms with Gasteiger partial charge in [-0.15, -0.1) is 0 Å². The third-order valence-electron chi connectivity index (χ3n) is 3.32. The summed E-state index contributed by atoms with van der Waals surface area (Å²) in [7, 11) is 1.32. The first kappa shape index (κ1) is 13.8. The van der Waals surface area contributed by atoms with Crippen LogP contribution in [0.25, 0.3) is 0 Å². The molecule has 0 atom stereocenters. The number of aliphatic hydroxyl groups is 1. The van der Waals surface area contributed by atoms with Crippen LogP contribution < -0.4 is 5.32 Å². The van der Waals surface area contributed by atoms with Crippen LogP contribution >= 0.6 is 0 Å². The second-order valence-electron chi connectivity index (χ2n) is 4.60. The molecule has 0 radical (unpaired) electrons. The van der Waals surface area contributed by atoms with E-state index in [1.807, 2.05) is 0 Å². The number of methoxy groups -OCH3 is 1. The summed E-state index contributed by atoms with van der Waals surface area (Å²) in [4.78, 5) is 15.4. The molecule has 0 bridgehead atoms. The van der Waals surface area contributed by atoms with Gasteiger partial charge in [0, 0.05) is 25.1 Å². The zero-order chi connectivity index (χ0) is 13.7. The minimum atomic E-state index is -0.478. The number of ether oxygens (including phenoxy) is 2. The Kier molecular flexibility index (Phi) is 4.34. The molecule has 1 saturated heterocycles. The number of hydrogen-bond acceptors (Lipinski definition) is 6. The molecule has 1 aliphatic heterocycles. The summed E-state index contributed by atoms with van der Waals surface area (Å²) in [6.07, 6.45) is 2.98. The Morgan fingerprint density at radius 1 is 1.58 bits per heavy atom. The van der Waals surface area contributed by atoms with Crippen molar-refractivity contribution in [3.05, 3.63) is 24.0 Å². The highest BCUT2D eigenvalue weighted by atomic mass is 16.5. The van der Waals surface area contributed by atoms with E-state index in [0.29, 0.717) is 13.2 Å². The number of aromatic nitrogens is 1. The normalized spacial score (nSPS) is 17.8. The van der Waals surface area contributed by atoms with Gasteiger partial charge in [0.05, 0.1) is 19.3 Å². The highest BCUT2D eigenvalue weighted by Gasteiger charge is 2.31. The van der Waals surface area contributed by atoms with Crippen LogP contribution in [0.3, 0.4) is 0 Å². The van der Waals surface area contributed by atoms with Gasteiger partial charge in [0.25, 0.3) is 0 Å². The lowest BCUT2D eigenvalue weighted by atomic mass is 9.90. The van der Waals surface area contributed by atoms with Gasteiger partial charge in [0.15, 0.2) is 0 Å². The van der Waals surface area contributed by atoms with E-state index in [1.165, 1.54) is 7.11 Å². The van der Waals surface area contributed by atoms with Crippen molar-refractivity contribution in [3.63, 3.8) is 0 Å². The molecule has 6 heteroatoms. The number of aliphatic hydroxyl groups excluding tert-OH is 1. The van der Waals surface area contributed by atoms with Crippen molar-refractivity contribution >= 4 is 11.7 Å². The molecule has 0 aliphatic carbocycles.